The molecule has 2 atom stereocenters. The van der Waals surface area contributed by atoms with E-state index in [9.17, 15) is 22.8 Å². The molecule has 1 saturated carbocycles. The van der Waals surface area contributed by atoms with Gasteiger partial charge in [0.2, 0.25) is 5.91 Å². The number of aromatic amines is 1. The Morgan fingerprint density at radius 1 is 1.41 bits per heavy atom. The van der Waals surface area contributed by atoms with Gasteiger partial charge in [0.05, 0.1) is 5.56 Å². The molecule has 1 fully saturated rings. The molecule has 22 heavy (non-hydrogen) atoms. The average molecular weight is 340 g/mol. The summed E-state index contributed by atoms with van der Waals surface area (Å²) in [5.74, 6) is -0.489. The SMILES string of the molecule is Cl.N[C@@H]1CCC[C@H]1CC(=O)Nc1cc(C(F)(F)F)c[nH]c1=O. The Labute approximate surface area is 130 Å². The van der Waals surface area contributed by atoms with Crippen LogP contribution < -0.4 is 16.6 Å². The molecule has 0 spiro atoms. The van der Waals surface area contributed by atoms with E-state index in [1.807, 2.05) is 4.98 Å². The van der Waals surface area contributed by atoms with Crippen LogP contribution in [0, 0.1) is 5.92 Å². The molecule has 0 bridgehead atoms. The Morgan fingerprint density at radius 2 is 2.09 bits per heavy atom. The third kappa shape index (κ3) is 4.48. The molecule has 0 unspecified atom stereocenters. The van der Waals surface area contributed by atoms with Gasteiger partial charge >= 0.3 is 6.18 Å². The van der Waals surface area contributed by atoms with Crippen molar-refractivity contribution >= 4 is 24.0 Å². The van der Waals surface area contributed by atoms with E-state index in [2.05, 4.69) is 5.32 Å². The normalized spacial score (nSPS) is 21.3. The number of H-pyrrole nitrogens is 1. The summed E-state index contributed by atoms with van der Waals surface area (Å²) < 4.78 is 37.7. The highest BCUT2D eigenvalue weighted by molar-refractivity contribution is 5.90. The summed E-state index contributed by atoms with van der Waals surface area (Å²) in [6, 6.07) is 0.557. The summed E-state index contributed by atoms with van der Waals surface area (Å²) in [6.45, 7) is 0. The zero-order valence-corrected chi connectivity index (χ0v) is 12.4. The number of amides is 1. The molecular weight excluding hydrogens is 323 g/mol. The average Bonchev–Trinajstić information content (AvgIpc) is 2.76. The van der Waals surface area contributed by atoms with Crippen molar-refractivity contribution in [3.8, 4) is 0 Å². The van der Waals surface area contributed by atoms with Crippen molar-refractivity contribution in [1.29, 1.82) is 0 Å². The first-order valence-electron chi connectivity index (χ1n) is 6.62. The smallest absolute Gasteiger partial charge is 0.327 e. The molecule has 9 heteroatoms. The number of halogens is 4. The van der Waals surface area contributed by atoms with Crippen molar-refractivity contribution in [2.45, 2.75) is 37.9 Å². The predicted octanol–water partition coefficient (Wildman–Crippen LogP) is 2.27. The van der Waals surface area contributed by atoms with Gasteiger partial charge in [-0.25, -0.2) is 0 Å². The topological polar surface area (TPSA) is 88.0 Å². The molecule has 0 aliphatic heterocycles. The van der Waals surface area contributed by atoms with Crippen molar-refractivity contribution < 1.29 is 18.0 Å². The molecule has 1 heterocycles. The molecule has 124 valence electrons. The maximum Gasteiger partial charge on any atom is 0.417 e. The van der Waals surface area contributed by atoms with Crippen molar-refractivity contribution in [3.63, 3.8) is 0 Å². The number of aromatic nitrogens is 1. The van der Waals surface area contributed by atoms with Gasteiger partial charge in [-0.05, 0) is 24.8 Å². The summed E-state index contributed by atoms with van der Waals surface area (Å²) in [7, 11) is 0. The number of rotatable bonds is 3. The quantitative estimate of drug-likeness (QED) is 0.789. The molecule has 1 aliphatic carbocycles. The van der Waals surface area contributed by atoms with Crippen LogP contribution >= 0.6 is 12.4 Å². The van der Waals surface area contributed by atoms with E-state index in [-0.39, 0.29) is 30.8 Å². The fourth-order valence-electron chi connectivity index (χ4n) is 2.50. The van der Waals surface area contributed by atoms with Crippen LogP contribution in [0.4, 0.5) is 18.9 Å². The van der Waals surface area contributed by atoms with Gasteiger partial charge in [0, 0.05) is 18.7 Å². The van der Waals surface area contributed by atoms with E-state index >= 15 is 0 Å². The van der Waals surface area contributed by atoms with E-state index in [4.69, 9.17) is 5.73 Å². The number of anilines is 1. The minimum Gasteiger partial charge on any atom is -0.327 e. The largest absolute Gasteiger partial charge is 0.417 e. The number of nitrogens with one attached hydrogen (secondary N) is 2. The summed E-state index contributed by atoms with van der Waals surface area (Å²) in [5.41, 5.74) is 3.64. The van der Waals surface area contributed by atoms with Gasteiger partial charge < -0.3 is 16.0 Å². The molecule has 0 saturated heterocycles. The third-order valence-corrected chi connectivity index (χ3v) is 3.67. The molecule has 0 aromatic carbocycles. The number of hydrogen-bond acceptors (Lipinski definition) is 3. The van der Waals surface area contributed by atoms with Gasteiger partial charge in [0.25, 0.3) is 5.56 Å². The molecular formula is C13H17ClF3N3O2. The van der Waals surface area contributed by atoms with E-state index < -0.39 is 28.9 Å². The van der Waals surface area contributed by atoms with Crippen molar-refractivity contribution in [3.05, 3.63) is 28.2 Å². The third-order valence-electron chi connectivity index (χ3n) is 3.67. The van der Waals surface area contributed by atoms with Gasteiger partial charge in [-0.1, -0.05) is 6.42 Å². The lowest BCUT2D eigenvalue weighted by Gasteiger charge is -2.15. The number of carbonyl (C=O) groups excluding carboxylic acids is 1. The zero-order chi connectivity index (χ0) is 15.6. The first-order chi connectivity index (χ1) is 9.77. The van der Waals surface area contributed by atoms with Crippen LogP contribution in [-0.4, -0.2) is 16.9 Å². The minimum atomic E-state index is -4.59. The van der Waals surface area contributed by atoms with Crippen molar-refractivity contribution in [2.75, 3.05) is 5.32 Å². The van der Waals surface area contributed by atoms with Crippen LogP contribution in [0.25, 0.3) is 0 Å². The predicted molar refractivity (Wildman–Crippen MR) is 77.9 cm³/mol. The van der Waals surface area contributed by atoms with Crippen molar-refractivity contribution in [1.82, 2.24) is 4.98 Å². The second-order valence-electron chi connectivity index (χ2n) is 5.24. The molecule has 4 N–H and O–H groups in total. The lowest BCUT2D eigenvalue weighted by molar-refractivity contribution is -0.137. The molecule has 5 nitrogen and oxygen atoms in total. The Kier molecular flexibility index (Phi) is 6.01. The van der Waals surface area contributed by atoms with Gasteiger partial charge in [-0.15, -0.1) is 12.4 Å². The molecule has 1 aliphatic rings. The van der Waals surface area contributed by atoms with Gasteiger partial charge in [0.15, 0.2) is 0 Å². The number of carbonyl (C=O) groups is 1. The summed E-state index contributed by atoms with van der Waals surface area (Å²) >= 11 is 0. The standard InChI is InChI=1S/C13H16F3N3O2.ClH/c14-13(15,16)8-5-10(12(21)18-6-8)19-11(20)4-7-2-1-3-9(7)17;/h5-7,9H,1-4,17H2,(H,18,21)(H,19,20);1H/t7-,9+;/m0./s1. The maximum atomic E-state index is 12.6. The van der Waals surface area contributed by atoms with Crippen LogP contribution in [-0.2, 0) is 11.0 Å². The fraction of sp³-hybridized carbons (Fsp3) is 0.538. The lowest BCUT2D eigenvalue weighted by atomic mass is 10.00. The second-order valence-corrected chi connectivity index (χ2v) is 5.24. The van der Waals surface area contributed by atoms with E-state index in [0.29, 0.717) is 12.3 Å². The Hall–Kier alpha value is -1.54. The number of alkyl halides is 3. The van der Waals surface area contributed by atoms with Gasteiger partial charge in [0.1, 0.15) is 5.69 Å². The summed E-state index contributed by atoms with van der Waals surface area (Å²) in [4.78, 5) is 25.3. The Morgan fingerprint density at radius 3 is 2.64 bits per heavy atom. The molecule has 2 rings (SSSR count). The summed E-state index contributed by atoms with van der Waals surface area (Å²) in [5, 5.41) is 2.23. The molecule has 1 aromatic heterocycles. The molecule has 0 radical (unpaired) electrons. The molecule has 1 amide bonds. The number of hydrogen-bond donors (Lipinski definition) is 3. The minimum absolute atomic E-state index is 0. The van der Waals surface area contributed by atoms with Crippen molar-refractivity contribution in [2.24, 2.45) is 11.7 Å². The highest BCUT2D eigenvalue weighted by atomic mass is 35.5. The van der Waals surface area contributed by atoms with Crippen LogP contribution in [0.1, 0.15) is 31.2 Å². The Bertz CT molecular complexity index is 589. The van der Waals surface area contributed by atoms with E-state index in [1.165, 1.54) is 0 Å². The maximum absolute atomic E-state index is 12.6. The molecule has 1 aromatic rings. The number of nitrogens with two attached hydrogens (primary N) is 1. The monoisotopic (exact) mass is 339 g/mol. The van der Waals surface area contributed by atoms with Gasteiger partial charge in [-0.3, -0.25) is 9.59 Å². The van der Waals surface area contributed by atoms with Crippen LogP contribution in [0.5, 0.6) is 0 Å². The van der Waals surface area contributed by atoms with E-state index in [1.54, 1.807) is 0 Å². The second kappa shape index (κ2) is 7.15. The summed E-state index contributed by atoms with van der Waals surface area (Å²) in [6.07, 6.45) is -1.32. The lowest BCUT2D eigenvalue weighted by Crippen LogP contribution is -2.29. The highest BCUT2D eigenvalue weighted by Gasteiger charge is 2.32. The first-order valence-corrected chi connectivity index (χ1v) is 6.62. The zero-order valence-electron chi connectivity index (χ0n) is 11.6. The van der Waals surface area contributed by atoms with E-state index in [0.717, 1.165) is 19.3 Å². The van der Waals surface area contributed by atoms with Gasteiger partial charge in [-0.2, -0.15) is 13.2 Å². The fourth-order valence-corrected chi connectivity index (χ4v) is 2.50. The first kappa shape index (κ1) is 18.5. The van der Waals surface area contributed by atoms with Crippen LogP contribution in [0.2, 0.25) is 0 Å². The number of pyridine rings is 1. The van der Waals surface area contributed by atoms with Crippen LogP contribution in [0.3, 0.4) is 0 Å². The highest BCUT2D eigenvalue weighted by Crippen LogP contribution is 2.30. The Balaban J connectivity index is 0.00000242. The van der Waals surface area contributed by atoms with Crippen LogP contribution in [0.15, 0.2) is 17.1 Å².